The average Bonchev–Trinajstić information content (AvgIpc) is 3.77. The van der Waals surface area contributed by atoms with E-state index < -0.39 is 11.0 Å². The molecule has 2 aliphatic rings. The van der Waals surface area contributed by atoms with Crippen molar-refractivity contribution >= 4 is 12.0 Å². The zero-order valence-corrected chi connectivity index (χ0v) is 33.9. The summed E-state index contributed by atoms with van der Waals surface area (Å²) in [5, 5.41) is 12.2. The molecule has 0 spiro atoms. The number of halogens is 1. The number of aromatic nitrogens is 2. The van der Waals surface area contributed by atoms with Crippen molar-refractivity contribution in [2.75, 3.05) is 61.7 Å². The number of aliphatic hydroxyl groups is 1. The van der Waals surface area contributed by atoms with Gasteiger partial charge in [0, 0.05) is 32.7 Å². The number of methoxy groups -OCH3 is 5. The number of nitrogens with zero attached hydrogens (tertiary/aromatic N) is 4. The first-order valence-electron chi connectivity index (χ1n) is 19.4. The highest BCUT2D eigenvalue weighted by atomic mass is 19.1. The lowest BCUT2D eigenvalue weighted by Gasteiger charge is -2.39. The standard InChI is InChI=1S/C45H55FN4O7/c1-7-8-9-10-36-29-47-42(50(36)31-32-11-14-35(46)15-12-32)45(52)19-22-48(23-20-45)21-17-44(28-33-13-16-37(53-2)38(25-33)54-3)18-24-49(43(44)51)30-34-26-39(55-4)41(57-6)40(27-34)56-5/h7-16,25-27,29,52H,17-24,28,30-31H2,1-6H3/b8-7+,10-9+. The van der Waals surface area contributed by atoms with Gasteiger partial charge in [0.15, 0.2) is 23.0 Å². The topological polar surface area (TPSA) is 108 Å². The highest BCUT2D eigenvalue weighted by molar-refractivity contribution is 5.85. The number of likely N-dealkylation sites (tertiary alicyclic amines) is 2. The van der Waals surface area contributed by atoms with Crippen LogP contribution in [-0.4, -0.2) is 92.1 Å². The lowest BCUT2D eigenvalue weighted by Crippen LogP contribution is -2.46. The van der Waals surface area contributed by atoms with E-state index >= 15 is 0 Å². The Morgan fingerprint density at radius 1 is 0.772 bits per heavy atom. The summed E-state index contributed by atoms with van der Waals surface area (Å²) >= 11 is 0. The molecule has 12 heteroatoms. The van der Waals surface area contributed by atoms with Crippen LogP contribution in [-0.2, 0) is 29.9 Å². The number of piperidine rings is 1. The number of amides is 1. The largest absolute Gasteiger partial charge is 0.493 e. The zero-order chi connectivity index (χ0) is 40.6. The third-order valence-corrected chi connectivity index (χ3v) is 11.4. The van der Waals surface area contributed by atoms with Crippen LogP contribution in [0.3, 0.4) is 0 Å². The summed E-state index contributed by atoms with van der Waals surface area (Å²) in [4.78, 5) is 23.7. The van der Waals surface area contributed by atoms with Crippen molar-refractivity contribution in [3.63, 3.8) is 0 Å². The van der Waals surface area contributed by atoms with Gasteiger partial charge in [-0.05, 0) is 105 Å². The second-order valence-corrected chi connectivity index (χ2v) is 14.9. The van der Waals surface area contributed by atoms with Crippen LogP contribution in [0.1, 0.15) is 60.8 Å². The number of imidazole rings is 1. The van der Waals surface area contributed by atoms with Crippen molar-refractivity contribution in [1.82, 2.24) is 19.4 Å². The van der Waals surface area contributed by atoms with Crippen molar-refractivity contribution in [3.8, 4) is 28.7 Å². The Bertz CT molecular complexity index is 2030. The smallest absolute Gasteiger partial charge is 0.229 e. The van der Waals surface area contributed by atoms with Crippen molar-refractivity contribution in [1.29, 1.82) is 0 Å². The number of carbonyl (C=O) groups excluding carboxylic acids is 1. The maximum Gasteiger partial charge on any atom is 0.229 e. The van der Waals surface area contributed by atoms with Crippen LogP contribution in [0.15, 0.2) is 79.0 Å². The quantitative estimate of drug-likeness (QED) is 0.113. The zero-order valence-electron chi connectivity index (χ0n) is 33.9. The summed E-state index contributed by atoms with van der Waals surface area (Å²) in [6.07, 6.45) is 12.4. The molecule has 57 heavy (non-hydrogen) atoms. The lowest BCUT2D eigenvalue weighted by atomic mass is 9.76. The van der Waals surface area contributed by atoms with Gasteiger partial charge in [-0.3, -0.25) is 4.79 Å². The molecule has 2 saturated heterocycles. The molecule has 1 amide bonds. The minimum Gasteiger partial charge on any atom is -0.493 e. The molecule has 2 fully saturated rings. The SMILES string of the molecule is C/C=C/C=C/c1cnc(C2(O)CCN(CCC3(Cc4ccc(OC)c(OC)c4)CCN(Cc4cc(OC)c(OC)c(OC)c4)C3=O)CC2)n1Cc1ccc(F)cc1. The van der Waals surface area contributed by atoms with E-state index in [4.69, 9.17) is 28.7 Å². The maximum absolute atomic E-state index is 14.7. The van der Waals surface area contributed by atoms with Crippen LogP contribution in [0.5, 0.6) is 28.7 Å². The molecule has 1 unspecified atom stereocenters. The Labute approximate surface area is 335 Å². The third-order valence-electron chi connectivity index (χ3n) is 11.4. The van der Waals surface area contributed by atoms with Gasteiger partial charge in [-0.1, -0.05) is 36.4 Å². The highest BCUT2D eigenvalue weighted by Crippen LogP contribution is 2.44. The molecule has 0 saturated carbocycles. The van der Waals surface area contributed by atoms with Gasteiger partial charge in [0.1, 0.15) is 17.2 Å². The van der Waals surface area contributed by atoms with Gasteiger partial charge < -0.3 is 43.2 Å². The monoisotopic (exact) mass is 782 g/mol. The molecular weight excluding hydrogens is 728 g/mol. The first kappa shape index (κ1) is 41.3. The van der Waals surface area contributed by atoms with E-state index in [1.165, 1.54) is 12.1 Å². The Morgan fingerprint density at radius 2 is 1.42 bits per heavy atom. The van der Waals surface area contributed by atoms with Gasteiger partial charge in [-0.25, -0.2) is 9.37 Å². The van der Waals surface area contributed by atoms with Crippen molar-refractivity contribution < 1.29 is 38.0 Å². The lowest BCUT2D eigenvalue weighted by molar-refractivity contribution is -0.137. The molecule has 11 nitrogen and oxygen atoms in total. The molecule has 6 rings (SSSR count). The average molecular weight is 783 g/mol. The van der Waals surface area contributed by atoms with E-state index in [1.807, 2.05) is 71.0 Å². The minimum atomic E-state index is -1.15. The van der Waals surface area contributed by atoms with Crippen molar-refractivity contribution in [3.05, 3.63) is 113 Å². The molecule has 0 radical (unpaired) electrons. The molecule has 3 aromatic carbocycles. The van der Waals surface area contributed by atoms with E-state index in [9.17, 15) is 14.3 Å². The predicted molar refractivity (Wildman–Crippen MR) is 218 cm³/mol. The number of ether oxygens (including phenoxy) is 5. The molecule has 0 aliphatic carbocycles. The summed E-state index contributed by atoms with van der Waals surface area (Å²) in [6, 6.07) is 16.1. The predicted octanol–water partition coefficient (Wildman–Crippen LogP) is 7.04. The number of rotatable bonds is 17. The van der Waals surface area contributed by atoms with Crippen molar-refractivity contribution in [2.24, 2.45) is 5.41 Å². The van der Waals surface area contributed by atoms with Crippen LogP contribution >= 0.6 is 0 Å². The molecule has 1 N–H and O–H groups in total. The fraction of sp³-hybridized carbons (Fsp3) is 0.422. The van der Waals surface area contributed by atoms with E-state index in [1.54, 1.807) is 53.9 Å². The minimum absolute atomic E-state index is 0.0980. The molecule has 3 heterocycles. The summed E-state index contributed by atoms with van der Waals surface area (Å²) in [5.74, 6) is 3.26. The van der Waals surface area contributed by atoms with Crippen LogP contribution < -0.4 is 23.7 Å². The number of benzene rings is 3. The van der Waals surface area contributed by atoms with Crippen LogP contribution in [0.2, 0.25) is 0 Å². The normalized spacial score (nSPS) is 18.5. The Hall–Kier alpha value is -5.33. The molecule has 0 bridgehead atoms. The van der Waals surface area contributed by atoms with Gasteiger partial charge in [-0.15, -0.1) is 0 Å². The number of allylic oxidation sites excluding steroid dienone is 3. The Morgan fingerprint density at radius 3 is 2.05 bits per heavy atom. The molecule has 1 aromatic heterocycles. The molecular formula is C45H55FN4O7. The van der Waals surface area contributed by atoms with Gasteiger partial charge in [-0.2, -0.15) is 0 Å². The molecule has 304 valence electrons. The summed E-state index contributed by atoms with van der Waals surface area (Å²) < 4.78 is 43.6. The fourth-order valence-electron chi connectivity index (χ4n) is 8.20. The van der Waals surface area contributed by atoms with E-state index in [0.717, 1.165) is 22.4 Å². The van der Waals surface area contributed by atoms with Gasteiger partial charge in [0.2, 0.25) is 11.7 Å². The number of hydrogen-bond acceptors (Lipinski definition) is 9. The summed E-state index contributed by atoms with van der Waals surface area (Å²) in [7, 11) is 7.97. The Balaban J connectivity index is 1.21. The van der Waals surface area contributed by atoms with E-state index in [-0.39, 0.29) is 11.7 Å². The number of carbonyl (C=O) groups is 1. The first-order valence-corrected chi connectivity index (χ1v) is 19.4. The maximum atomic E-state index is 14.7. The fourth-order valence-corrected chi connectivity index (χ4v) is 8.20. The Kier molecular flexibility index (Phi) is 13.3. The van der Waals surface area contributed by atoms with Crippen LogP contribution in [0.25, 0.3) is 6.08 Å². The van der Waals surface area contributed by atoms with Crippen molar-refractivity contribution in [2.45, 2.75) is 57.7 Å². The third kappa shape index (κ3) is 9.13. The summed E-state index contributed by atoms with van der Waals surface area (Å²) in [6.45, 7) is 5.37. The second kappa shape index (κ2) is 18.3. The van der Waals surface area contributed by atoms with Crippen LogP contribution in [0, 0.1) is 11.2 Å². The summed E-state index contributed by atoms with van der Waals surface area (Å²) in [5.41, 5.74) is 1.84. The number of hydrogen-bond donors (Lipinski definition) is 1. The second-order valence-electron chi connectivity index (χ2n) is 14.9. The molecule has 2 aliphatic heterocycles. The first-order chi connectivity index (χ1) is 27.6. The van der Waals surface area contributed by atoms with E-state index in [2.05, 4.69) is 4.90 Å². The molecule has 1 atom stereocenters. The van der Waals surface area contributed by atoms with Crippen LogP contribution in [0.4, 0.5) is 4.39 Å². The highest BCUT2D eigenvalue weighted by Gasteiger charge is 2.47. The van der Waals surface area contributed by atoms with Gasteiger partial charge in [0.25, 0.3) is 0 Å². The molecule has 4 aromatic rings. The van der Waals surface area contributed by atoms with E-state index in [0.29, 0.717) is 106 Å². The van der Waals surface area contributed by atoms with Gasteiger partial charge >= 0.3 is 0 Å². The van der Waals surface area contributed by atoms with Gasteiger partial charge in [0.05, 0.1) is 52.9 Å².